The first-order valence-electron chi connectivity index (χ1n) is 8.48. The minimum atomic E-state index is -0.632. The van der Waals surface area contributed by atoms with Gasteiger partial charge in [0.05, 0.1) is 17.8 Å². The molecule has 0 aromatic heterocycles. The lowest BCUT2D eigenvalue weighted by Crippen LogP contribution is -2.23. The molecule has 3 aromatic rings. The SMILES string of the molecule is NC(=O)c1cc(Cl)ccc1NCC(=O)Nc1ccccc1Oc1ccccc1. The van der Waals surface area contributed by atoms with Gasteiger partial charge in [0.15, 0.2) is 5.75 Å². The molecule has 0 saturated heterocycles. The lowest BCUT2D eigenvalue weighted by Gasteiger charge is -2.13. The minimum absolute atomic E-state index is 0.0679. The highest BCUT2D eigenvalue weighted by molar-refractivity contribution is 6.31. The third-order valence-corrected chi connectivity index (χ3v) is 4.05. The van der Waals surface area contributed by atoms with Crippen LogP contribution in [0.5, 0.6) is 11.5 Å². The van der Waals surface area contributed by atoms with E-state index in [2.05, 4.69) is 10.6 Å². The molecule has 3 rings (SSSR count). The monoisotopic (exact) mass is 395 g/mol. The summed E-state index contributed by atoms with van der Waals surface area (Å²) in [6.45, 7) is -0.0679. The molecule has 0 bridgehead atoms. The number of anilines is 2. The van der Waals surface area contributed by atoms with Gasteiger partial charge in [0.2, 0.25) is 5.91 Å². The molecule has 3 aromatic carbocycles. The Balaban J connectivity index is 1.67. The smallest absolute Gasteiger partial charge is 0.250 e. The number of primary amides is 1. The van der Waals surface area contributed by atoms with Gasteiger partial charge in [-0.3, -0.25) is 9.59 Å². The third kappa shape index (κ3) is 5.02. The van der Waals surface area contributed by atoms with Crippen molar-refractivity contribution in [1.82, 2.24) is 0 Å². The number of nitrogens with two attached hydrogens (primary N) is 1. The molecule has 142 valence electrons. The normalized spacial score (nSPS) is 10.2. The summed E-state index contributed by atoms with van der Waals surface area (Å²) in [5, 5.41) is 6.08. The van der Waals surface area contributed by atoms with Crippen LogP contribution in [0.1, 0.15) is 10.4 Å². The molecule has 0 spiro atoms. The summed E-state index contributed by atoms with van der Waals surface area (Å²) in [6, 6.07) is 21.1. The van der Waals surface area contributed by atoms with E-state index < -0.39 is 5.91 Å². The molecule has 0 aliphatic heterocycles. The summed E-state index contributed by atoms with van der Waals surface area (Å²) in [6.07, 6.45) is 0. The first-order chi connectivity index (χ1) is 13.5. The molecular weight excluding hydrogens is 378 g/mol. The third-order valence-electron chi connectivity index (χ3n) is 3.82. The number of hydrogen-bond acceptors (Lipinski definition) is 4. The zero-order valence-corrected chi connectivity index (χ0v) is 15.6. The van der Waals surface area contributed by atoms with Crippen molar-refractivity contribution in [2.45, 2.75) is 0 Å². The number of para-hydroxylation sites is 3. The second kappa shape index (κ2) is 8.92. The summed E-state index contributed by atoms with van der Waals surface area (Å²) < 4.78 is 5.83. The van der Waals surface area contributed by atoms with Crippen molar-refractivity contribution >= 4 is 34.8 Å². The number of amides is 2. The molecular formula is C21H18ClN3O3. The lowest BCUT2D eigenvalue weighted by molar-refractivity contribution is -0.114. The Morgan fingerprint density at radius 3 is 2.39 bits per heavy atom. The first kappa shape index (κ1) is 19.3. The molecule has 0 radical (unpaired) electrons. The van der Waals surface area contributed by atoms with Crippen LogP contribution >= 0.6 is 11.6 Å². The van der Waals surface area contributed by atoms with Crippen molar-refractivity contribution in [3.8, 4) is 11.5 Å². The molecule has 0 unspecified atom stereocenters. The topological polar surface area (TPSA) is 93.5 Å². The maximum absolute atomic E-state index is 12.4. The van der Waals surface area contributed by atoms with Gasteiger partial charge in [-0.1, -0.05) is 41.9 Å². The lowest BCUT2D eigenvalue weighted by atomic mass is 10.1. The van der Waals surface area contributed by atoms with Crippen LogP contribution in [0.2, 0.25) is 5.02 Å². The van der Waals surface area contributed by atoms with Crippen molar-refractivity contribution in [2.24, 2.45) is 5.73 Å². The predicted octanol–water partition coefficient (Wildman–Crippen LogP) is 4.28. The van der Waals surface area contributed by atoms with Gasteiger partial charge in [-0.15, -0.1) is 0 Å². The maximum atomic E-state index is 12.4. The number of hydrogen-bond donors (Lipinski definition) is 3. The van der Waals surface area contributed by atoms with E-state index in [1.165, 1.54) is 6.07 Å². The van der Waals surface area contributed by atoms with Crippen molar-refractivity contribution in [3.05, 3.63) is 83.4 Å². The van der Waals surface area contributed by atoms with E-state index in [9.17, 15) is 9.59 Å². The summed E-state index contributed by atoms with van der Waals surface area (Å²) >= 11 is 5.89. The Bertz CT molecular complexity index is 993. The van der Waals surface area contributed by atoms with Crippen LogP contribution in [0.15, 0.2) is 72.8 Å². The standard InChI is InChI=1S/C21H18ClN3O3/c22-14-10-11-17(16(12-14)21(23)27)24-13-20(26)25-18-8-4-5-9-19(18)28-15-6-2-1-3-7-15/h1-12,24H,13H2,(H2,23,27)(H,25,26). The Labute approximate surface area is 167 Å². The van der Waals surface area contributed by atoms with E-state index in [1.54, 1.807) is 30.3 Å². The number of carbonyl (C=O) groups excluding carboxylic acids is 2. The van der Waals surface area contributed by atoms with Crippen molar-refractivity contribution in [3.63, 3.8) is 0 Å². The van der Waals surface area contributed by atoms with Crippen LogP contribution < -0.4 is 21.1 Å². The summed E-state index contributed by atoms with van der Waals surface area (Å²) in [7, 11) is 0. The molecule has 0 saturated carbocycles. The van der Waals surface area contributed by atoms with Gasteiger partial charge in [-0.25, -0.2) is 0 Å². The number of carbonyl (C=O) groups is 2. The van der Waals surface area contributed by atoms with Gasteiger partial charge in [-0.2, -0.15) is 0 Å². The van der Waals surface area contributed by atoms with Crippen LogP contribution in [0, 0.1) is 0 Å². The van der Waals surface area contributed by atoms with E-state index in [-0.39, 0.29) is 18.0 Å². The van der Waals surface area contributed by atoms with Gasteiger partial charge < -0.3 is 21.1 Å². The highest BCUT2D eigenvalue weighted by Crippen LogP contribution is 2.29. The van der Waals surface area contributed by atoms with E-state index in [0.29, 0.717) is 27.9 Å². The summed E-state index contributed by atoms with van der Waals surface area (Å²) in [5.74, 6) is 0.238. The Morgan fingerprint density at radius 2 is 1.64 bits per heavy atom. The first-order valence-corrected chi connectivity index (χ1v) is 8.86. The fraction of sp³-hybridized carbons (Fsp3) is 0.0476. The molecule has 0 atom stereocenters. The van der Waals surface area contributed by atoms with Crippen LogP contribution in [-0.2, 0) is 4.79 Å². The van der Waals surface area contributed by atoms with E-state index >= 15 is 0 Å². The number of nitrogens with one attached hydrogen (secondary N) is 2. The number of halogens is 1. The number of benzene rings is 3. The largest absolute Gasteiger partial charge is 0.455 e. The second-order valence-corrected chi connectivity index (χ2v) is 6.30. The fourth-order valence-corrected chi connectivity index (χ4v) is 2.69. The minimum Gasteiger partial charge on any atom is -0.455 e. The fourth-order valence-electron chi connectivity index (χ4n) is 2.52. The summed E-state index contributed by atoms with van der Waals surface area (Å²) in [5.41, 5.74) is 6.53. The maximum Gasteiger partial charge on any atom is 0.250 e. The summed E-state index contributed by atoms with van der Waals surface area (Å²) in [4.78, 5) is 23.9. The van der Waals surface area contributed by atoms with Crippen molar-refractivity contribution in [1.29, 1.82) is 0 Å². The van der Waals surface area contributed by atoms with Crippen molar-refractivity contribution < 1.29 is 14.3 Å². The quantitative estimate of drug-likeness (QED) is 0.556. The van der Waals surface area contributed by atoms with Crippen LogP contribution in [0.4, 0.5) is 11.4 Å². The molecule has 0 aliphatic rings. The average Bonchev–Trinajstić information content (AvgIpc) is 2.69. The van der Waals surface area contributed by atoms with E-state index in [4.69, 9.17) is 22.1 Å². The van der Waals surface area contributed by atoms with Gasteiger partial charge in [0, 0.05) is 10.7 Å². The van der Waals surface area contributed by atoms with Crippen LogP contribution in [-0.4, -0.2) is 18.4 Å². The Kier molecular flexibility index (Phi) is 6.14. The highest BCUT2D eigenvalue weighted by atomic mass is 35.5. The van der Waals surface area contributed by atoms with E-state index in [0.717, 1.165) is 0 Å². The number of ether oxygens (including phenoxy) is 1. The van der Waals surface area contributed by atoms with E-state index in [1.807, 2.05) is 36.4 Å². The van der Waals surface area contributed by atoms with Gasteiger partial charge in [0.1, 0.15) is 5.75 Å². The zero-order valence-electron chi connectivity index (χ0n) is 14.8. The predicted molar refractivity (Wildman–Crippen MR) is 110 cm³/mol. The van der Waals surface area contributed by atoms with Crippen molar-refractivity contribution in [2.75, 3.05) is 17.2 Å². The Morgan fingerprint density at radius 1 is 0.929 bits per heavy atom. The van der Waals surface area contributed by atoms with Gasteiger partial charge in [-0.05, 0) is 42.5 Å². The number of rotatable bonds is 7. The molecule has 0 aliphatic carbocycles. The molecule has 28 heavy (non-hydrogen) atoms. The molecule has 0 heterocycles. The molecule has 7 heteroatoms. The van der Waals surface area contributed by atoms with Gasteiger partial charge >= 0.3 is 0 Å². The average molecular weight is 396 g/mol. The molecule has 4 N–H and O–H groups in total. The second-order valence-electron chi connectivity index (χ2n) is 5.87. The molecule has 2 amide bonds. The highest BCUT2D eigenvalue weighted by Gasteiger charge is 2.12. The van der Waals surface area contributed by atoms with Gasteiger partial charge in [0.25, 0.3) is 5.91 Å². The molecule has 6 nitrogen and oxygen atoms in total. The van der Waals surface area contributed by atoms with Crippen LogP contribution in [0.25, 0.3) is 0 Å². The van der Waals surface area contributed by atoms with Crippen LogP contribution in [0.3, 0.4) is 0 Å². The zero-order chi connectivity index (χ0) is 19.9. The Hall–Kier alpha value is -3.51. The molecule has 0 fully saturated rings.